The van der Waals surface area contributed by atoms with E-state index in [1.807, 2.05) is 36.4 Å². The van der Waals surface area contributed by atoms with Gasteiger partial charge in [-0.2, -0.15) is 0 Å². The summed E-state index contributed by atoms with van der Waals surface area (Å²) in [7, 11) is 0. The van der Waals surface area contributed by atoms with Crippen molar-refractivity contribution >= 4 is 5.91 Å². The highest BCUT2D eigenvalue weighted by Crippen LogP contribution is 2.20. The van der Waals surface area contributed by atoms with Crippen LogP contribution < -0.4 is 9.80 Å². The minimum absolute atomic E-state index is 0.296. The van der Waals surface area contributed by atoms with E-state index in [2.05, 4.69) is 0 Å². The third-order valence-electron chi connectivity index (χ3n) is 3.44. The largest absolute Gasteiger partial charge is 0.626 e. The number of hydrogen-bond donors (Lipinski definition) is 1. The van der Waals surface area contributed by atoms with E-state index in [1.54, 1.807) is 12.1 Å². The molecular weight excluding hydrogens is 254 g/mol. The molecule has 2 aromatic rings. The van der Waals surface area contributed by atoms with Crippen molar-refractivity contribution in [1.29, 1.82) is 0 Å². The molecule has 0 bridgehead atoms. The zero-order valence-corrected chi connectivity index (χ0v) is 11.0. The van der Waals surface area contributed by atoms with Crippen LogP contribution in [-0.4, -0.2) is 12.5 Å². The molecule has 1 aliphatic heterocycles. The highest BCUT2D eigenvalue weighted by atomic mass is 16.5. The first-order valence-corrected chi connectivity index (χ1v) is 6.61. The Balaban J connectivity index is 1.75. The number of carbonyl (C=O) groups excluding carboxylic acids is 1. The summed E-state index contributed by atoms with van der Waals surface area (Å²) < 4.78 is 5.72. The van der Waals surface area contributed by atoms with E-state index in [1.165, 1.54) is 0 Å². The number of hydrogen-bond acceptors (Lipinski definition) is 3. The topological polar surface area (TPSA) is 53.8 Å². The van der Waals surface area contributed by atoms with E-state index >= 15 is 0 Å². The van der Waals surface area contributed by atoms with Crippen LogP contribution in [0.3, 0.4) is 0 Å². The van der Waals surface area contributed by atoms with Crippen molar-refractivity contribution in [2.75, 3.05) is 6.54 Å². The fourth-order valence-electron chi connectivity index (χ4n) is 2.34. The predicted octanol–water partition coefficient (Wildman–Crippen LogP) is 1.34. The molecule has 0 saturated heterocycles. The molecular formula is C16H15NO3. The second-order valence-corrected chi connectivity index (χ2v) is 4.85. The molecule has 0 spiro atoms. The second-order valence-electron chi connectivity index (χ2n) is 4.85. The molecule has 0 radical (unpaired) electrons. The number of amides is 1. The lowest BCUT2D eigenvalue weighted by Crippen LogP contribution is -3.11. The van der Waals surface area contributed by atoms with Gasteiger partial charge in [0.2, 0.25) is 0 Å². The summed E-state index contributed by atoms with van der Waals surface area (Å²) in [6, 6.07) is 15.2. The Labute approximate surface area is 117 Å². The van der Waals surface area contributed by atoms with Gasteiger partial charge in [0, 0.05) is 6.42 Å². The van der Waals surface area contributed by atoms with E-state index in [4.69, 9.17) is 4.74 Å². The van der Waals surface area contributed by atoms with Gasteiger partial charge in [-0.25, -0.2) is 4.79 Å². The molecule has 102 valence electrons. The minimum atomic E-state index is -0.374. The molecule has 4 nitrogen and oxygen atoms in total. The zero-order valence-electron chi connectivity index (χ0n) is 11.0. The summed E-state index contributed by atoms with van der Waals surface area (Å²) in [5.74, 6) is 0.357. The number of quaternary nitrogens is 1. The fourth-order valence-corrected chi connectivity index (χ4v) is 2.34. The van der Waals surface area contributed by atoms with E-state index < -0.39 is 0 Å². The molecule has 1 amide bonds. The third kappa shape index (κ3) is 2.57. The van der Waals surface area contributed by atoms with Gasteiger partial charge in [0.05, 0.1) is 12.1 Å². The number of fused-ring (bicyclic) bond motifs is 1. The van der Waals surface area contributed by atoms with Crippen molar-refractivity contribution < 1.29 is 14.6 Å². The molecule has 1 unspecified atom stereocenters. The van der Waals surface area contributed by atoms with Crippen LogP contribution in [0.5, 0.6) is 5.75 Å². The van der Waals surface area contributed by atoms with Gasteiger partial charge in [0.1, 0.15) is 12.4 Å². The Hall–Kier alpha value is -2.17. The molecule has 1 N–H and O–H groups in total. The van der Waals surface area contributed by atoms with Crippen LogP contribution in [-0.2, 0) is 13.0 Å². The highest BCUT2D eigenvalue weighted by molar-refractivity contribution is 5.90. The first-order valence-electron chi connectivity index (χ1n) is 6.61. The van der Waals surface area contributed by atoms with E-state index in [-0.39, 0.29) is 11.0 Å². The van der Waals surface area contributed by atoms with Gasteiger partial charge >= 0.3 is 5.91 Å². The average molecular weight is 269 g/mol. The SMILES string of the molecule is O=C1c2ccc(OCc3ccccc3)cc2CC[NH+]1[O-]. The number of hydroxylamine groups is 2. The number of ether oxygens (including phenoxy) is 1. The number of rotatable bonds is 3. The lowest BCUT2D eigenvalue weighted by atomic mass is 10.00. The Morgan fingerprint density at radius 3 is 2.75 bits per heavy atom. The summed E-state index contributed by atoms with van der Waals surface area (Å²) in [6.07, 6.45) is 0.614. The summed E-state index contributed by atoms with van der Waals surface area (Å²) in [6.45, 7) is 0.792. The first kappa shape index (κ1) is 12.8. The van der Waals surface area contributed by atoms with Gasteiger partial charge in [0.25, 0.3) is 0 Å². The maximum absolute atomic E-state index is 11.7. The molecule has 0 saturated carbocycles. The number of carbonyl (C=O) groups is 1. The predicted molar refractivity (Wildman–Crippen MR) is 74.4 cm³/mol. The number of benzene rings is 2. The monoisotopic (exact) mass is 269 g/mol. The summed E-state index contributed by atoms with van der Waals surface area (Å²) in [4.78, 5) is 11.7. The van der Waals surface area contributed by atoms with E-state index in [0.717, 1.165) is 16.9 Å². The molecule has 20 heavy (non-hydrogen) atoms. The van der Waals surface area contributed by atoms with Crippen LogP contribution in [0.15, 0.2) is 48.5 Å². The van der Waals surface area contributed by atoms with Gasteiger partial charge in [-0.1, -0.05) is 30.3 Å². The van der Waals surface area contributed by atoms with E-state index in [0.29, 0.717) is 25.1 Å². The molecule has 0 fully saturated rings. The smallest absolute Gasteiger partial charge is 0.344 e. The van der Waals surface area contributed by atoms with Crippen molar-refractivity contribution in [3.05, 3.63) is 70.4 Å². The maximum Gasteiger partial charge on any atom is 0.344 e. The van der Waals surface area contributed by atoms with Crippen LogP contribution >= 0.6 is 0 Å². The van der Waals surface area contributed by atoms with Crippen LogP contribution in [0.2, 0.25) is 0 Å². The van der Waals surface area contributed by atoms with Crippen LogP contribution in [0.25, 0.3) is 0 Å². The van der Waals surface area contributed by atoms with Crippen LogP contribution in [0.1, 0.15) is 21.5 Å². The molecule has 1 aliphatic rings. The Morgan fingerprint density at radius 2 is 1.95 bits per heavy atom. The second kappa shape index (κ2) is 5.45. The lowest BCUT2D eigenvalue weighted by Gasteiger charge is -2.25. The van der Waals surface area contributed by atoms with E-state index in [9.17, 15) is 10.0 Å². The normalized spacial score (nSPS) is 17.6. The van der Waals surface area contributed by atoms with Crippen molar-refractivity contribution in [2.24, 2.45) is 0 Å². The quantitative estimate of drug-likeness (QED) is 0.856. The van der Waals surface area contributed by atoms with Gasteiger partial charge < -0.3 is 15.0 Å². The van der Waals surface area contributed by atoms with Crippen molar-refractivity contribution in [1.82, 2.24) is 0 Å². The summed E-state index contributed by atoms with van der Waals surface area (Å²) >= 11 is 0. The molecule has 0 aromatic heterocycles. The number of nitrogens with one attached hydrogen (secondary N) is 1. The van der Waals surface area contributed by atoms with Crippen molar-refractivity contribution in [2.45, 2.75) is 13.0 Å². The third-order valence-corrected chi connectivity index (χ3v) is 3.44. The van der Waals surface area contributed by atoms with Gasteiger partial charge in [0.15, 0.2) is 0 Å². The average Bonchev–Trinajstić information content (AvgIpc) is 2.50. The molecule has 1 atom stereocenters. The standard InChI is InChI=1S/C16H15NO3/c18-16-15-7-6-14(10-13(15)8-9-17(16)19)20-11-12-4-2-1-3-5-12/h1-7,10,17H,8-9,11H2. The summed E-state index contributed by atoms with van der Waals surface area (Å²) in [5, 5.41) is 11.1. The molecule has 2 aromatic carbocycles. The first-order chi connectivity index (χ1) is 9.74. The Bertz CT molecular complexity index is 625. The van der Waals surface area contributed by atoms with Gasteiger partial charge in [-0.05, 0) is 29.3 Å². The van der Waals surface area contributed by atoms with Gasteiger partial charge in [-0.3, -0.25) is 0 Å². The molecule has 0 aliphatic carbocycles. The zero-order chi connectivity index (χ0) is 13.9. The molecule has 4 heteroatoms. The van der Waals surface area contributed by atoms with Crippen molar-refractivity contribution in [3.63, 3.8) is 0 Å². The fraction of sp³-hybridized carbons (Fsp3) is 0.188. The van der Waals surface area contributed by atoms with Crippen LogP contribution in [0, 0.1) is 5.21 Å². The molecule has 1 heterocycles. The summed E-state index contributed by atoms with van der Waals surface area (Å²) in [5.41, 5.74) is 2.52. The van der Waals surface area contributed by atoms with Crippen molar-refractivity contribution in [3.8, 4) is 5.75 Å². The molecule has 3 rings (SSSR count). The minimum Gasteiger partial charge on any atom is -0.626 e. The highest BCUT2D eigenvalue weighted by Gasteiger charge is 2.24. The van der Waals surface area contributed by atoms with Gasteiger partial charge in [-0.15, -0.1) is 0 Å². The maximum atomic E-state index is 11.7. The lowest BCUT2D eigenvalue weighted by molar-refractivity contribution is -0.759. The Morgan fingerprint density at radius 1 is 1.15 bits per heavy atom. The van der Waals surface area contributed by atoms with Crippen LogP contribution in [0.4, 0.5) is 0 Å². The Kier molecular flexibility index (Phi) is 3.50.